The van der Waals surface area contributed by atoms with Gasteiger partial charge in [-0.25, -0.2) is 4.98 Å². The molecule has 4 nitrogen and oxygen atoms in total. The molecule has 0 spiro atoms. The van der Waals surface area contributed by atoms with Gasteiger partial charge in [0.2, 0.25) is 0 Å². The third-order valence-corrected chi connectivity index (χ3v) is 1.63. The SMILES string of the molecule is CNc1ccc(NCN(C)C)nc1. The summed E-state index contributed by atoms with van der Waals surface area (Å²) in [7, 11) is 5.90. The topological polar surface area (TPSA) is 40.2 Å². The van der Waals surface area contributed by atoms with Crippen LogP contribution in [-0.2, 0) is 0 Å². The van der Waals surface area contributed by atoms with Crippen LogP contribution >= 0.6 is 0 Å². The third kappa shape index (κ3) is 3.29. The first-order chi connectivity index (χ1) is 6.22. The predicted molar refractivity (Wildman–Crippen MR) is 56.0 cm³/mol. The lowest BCUT2D eigenvalue weighted by atomic mass is 10.4. The average Bonchev–Trinajstić information content (AvgIpc) is 2.15. The molecule has 1 rings (SSSR count). The molecule has 0 fully saturated rings. The van der Waals surface area contributed by atoms with E-state index in [1.807, 2.05) is 38.2 Å². The zero-order valence-electron chi connectivity index (χ0n) is 8.33. The van der Waals surface area contributed by atoms with E-state index in [9.17, 15) is 0 Å². The van der Waals surface area contributed by atoms with Gasteiger partial charge >= 0.3 is 0 Å². The second-order valence-corrected chi connectivity index (χ2v) is 3.10. The predicted octanol–water partition coefficient (Wildman–Crippen LogP) is 1.05. The minimum atomic E-state index is 0.798. The van der Waals surface area contributed by atoms with Crippen LogP contribution in [0.25, 0.3) is 0 Å². The molecule has 0 saturated carbocycles. The van der Waals surface area contributed by atoms with Gasteiger partial charge in [-0.15, -0.1) is 0 Å². The van der Waals surface area contributed by atoms with Crippen LogP contribution in [0.4, 0.5) is 11.5 Å². The van der Waals surface area contributed by atoms with Crippen molar-refractivity contribution in [2.24, 2.45) is 0 Å². The molecule has 13 heavy (non-hydrogen) atoms. The summed E-state index contributed by atoms with van der Waals surface area (Å²) in [5, 5.41) is 6.20. The standard InChI is InChI=1S/C9H16N4/c1-10-8-4-5-9(11-6-8)12-7-13(2)3/h4-6,10H,7H2,1-3H3,(H,11,12). The molecule has 1 aromatic heterocycles. The summed E-state index contributed by atoms with van der Waals surface area (Å²) in [6, 6.07) is 3.94. The summed E-state index contributed by atoms with van der Waals surface area (Å²) in [6.45, 7) is 0.798. The normalized spacial score (nSPS) is 10.2. The fraction of sp³-hybridized carbons (Fsp3) is 0.444. The Balaban J connectivity index is 2.49. The van der Waals surface area contributed by atoms with Crippen molar-refractivity contribution in [1.29, 1.82) is 0 Å². The van der Waals surface area contributed by atoms with E-state index in [2.05, 4.69) is 15.6 Å². The van der Waals surface area contributed by atoms with Crippen molar-refractivity contribution in [2.45, 2.75) is 0 Å². The Hall–Kier alpha value is -1.29. The maximum atomic E-state index is 4.22. The molecule has 1 heterocycles. The van der Waals surface area contributed by atoms with Crippen LogP contribution in [0.3, 0.4) is 0 Å². The van der Waals surface area contributed by atoms with Gasteiger partial charge in [0.15, 0.2) is 0 Å². The number of rotatable bonds is 4. The Morgan fingerprint density at radius 3 is 2.62 bits per heavy atom. The maximum absolute atomic E-state index is 4.22. The lowest BCUT2D eigenvalue weighted by Crippen LogP contribution is -2.20. The summed E-state index contributed by atoms with van der Waals surface area (Å²) in [6.07, 6.45) is 1.80. The fourth-order valence-electron chi connectivity index (χ4n) is 0.885. The minimum Gasteiger partial charge on any atom is -0.387 e. The molecule has 1 aromatic rings. The second kappa shape index (κ2) is 4.67. The van der Waals surface area contributed by atoms with E-state index in [1.54, 1.807) is 6.20 Å². The van der Waals surface area contributed by atoms with Gasteiger partial charge in [0.05, 0.1) is 18.6 Å². The van der Waals surface area contributed by atoms with Crippen molar-refractivity contribution in [3.8, 4) is 0 Å². The van der Waals surface area contributed by atoms with E-state index < -0.39 is 0 Å². The number of hydrogen-bond donors (Lipinski definition) is 2. The van der Waals surface area contributed by atoms with Crippen LogP contribution in [0.15, 0.2) is 18.3 Å². The van der Waals surface area contributed by atoms with Gasteiger partial charge in [-0.3, -0.25) is 4.90 Å². The Kier molecular flexibility index (Phi) is 3.52. The second-order valence-electron chi connectivity index (χ2n) is 3.10. The molecule has 0 amide bonds. The Morgan fingerprint density at radius 1 is 1.38 bits per heavy atom. The quantitative estimate of drug-likeness (QED) is 0.680. The highest BCUT2D eigenvalue weighted by Gasteiger charge is 1.93. The van der Waals surface area contributed by atoms with Crippen LogP contribution in [0.2, 0.25) is 0 Å². The first-order valence-corrected chi connectivity index (χ1v) is 4.25. The molecule has 0 unspecified atom stereocenters. The van der Waals surface area contributed by atoms with E-state index >= 15 is 0 Å². The van der Waals surface area contributed by atoms with Crippen molar-refractivity contribution in [2.75, 3.05) is 38.4 Å². The Bertz CT molecular complexity index is 242. The van der Waals surface area contributed by atoms with Gasteiger partial charge in [0.1, 0.15) is 5.82 Å². The molecule has 0 aliphatic heterocycles. The lowest BCUT2D eigenvalue weighted by molar-refractivity contribution is 0.439. The van der Waals surface area contributed by atoms with Crippen LogP contribution in [0, 0.1) is 0 Å². The van der Waals surface area contributed by atoms with E-state index in [1.165, 1.54) is 0 Å². The number of pyridine rings is 1. The van der Waals surface area contributed by atoms with Gasteiger partial charge in [-0.2, -0.15) is 0 Å². The zero-order valence-corrected chi connectivity index (χ0v) is 8.33. The van der Waals surface area contributed by atoms with E-state index in [-0.39, 0.29) is 0 Å². The van der Waals surface area contributed by atoms with Gasteiger partial charge in [0.25, 0.3) is 0 Å². The maximum Gasteiger partial charge on any atom is 0.127 e. The van der Waals surface area contributed by atoms with E-state index in [4.69, 9.17) is 0 Å². The van der Waals surface area contributed by atoms with E-state index in [0.717, 1.165) is 18.2 Å². The van der Waals surface area contributed by atoms with E-state index in [0.29, 0.717) is 0 Å². The largest absolute Gasteiger partial charge is 0.387 e. The first kappa shape index (κ1) is 9.80. The molecule has 2 N–H and O–H groups in total. The van der Waals surface area contributed by atoms with Crippen LogP contribution < -0.4 is 10.6 Å². The number of hydrogen-bond acceptors (Lipinski definition) is 4. The van der Waals surface area contributed by atoms with Crippen molar-refractivity contribution in [3.05, 3.63) is 18.3 Å². The summed E-state index contributed by atoms with van der Waals surface area (Å²) in [5.74, 6) is 0.896. The van der Waals surface area contributed by atoms with Crippen LogP contribution in [0.5, 0.6) is 0 Å². The van der Waals surface area contributed by atoms with Crippen molar-refractivity contribution in [1.82, 2.24) is 9.88 Å². The van der Waals surface area contributed by atoms with Crippen molar-refractivity contribution < 1.29 is 0 Å². The summed E-state index contributed by atoms with van der Waals surface area (Å²) < 4.78 is 0. The summed E-state index contributed by atoms with van der Waals surface area (Å²) in [5.41, 5.74) is 1.02. The smallest absolute Gasteiger partial charge is 0.127 e. The van der Waals surface area contributed by atoms with Crippen molar-refractivity contribution in [3.63, 3.8) is 0 Å². The Morgan fingerprint density at radius 2 is 2.15 bits per heavy atom. The molecule has 0 bridgehead atoms. The Labute approximate surface area is 79.0 Å². The molecule has 0 aliphatic carbocycles. The van der Waals surface area contributed by atoms with Crippen molar-refractivity contribution >= 4 is 11.5 Å². The summed E-state index contributed by atoms with van der Waals surface area (Å²) >= 11 is 0. The van der Waals surface area contributed by atoms with Crippen LogP contribution in [-0.4, -0.2) is 37.7 Å². The highest BCUT2D eigenvalue weighted by molar-refractivity contribution is 5.46. The highest BCUT2D eigenvalue weighted by Crippen LogP contribution is 2.07. The molecule has 0 saturated heterocycles. The molecule has 0 aromatic carbocycles. The molecular weight excluding hydrogens is 164 g/mol. The van der Waals surface area contributed by atoms with Gasteiger partial charge < -0.3 is 10.6 Å². The molecule has 72 valence electrons. The molecule has 4 heteroatoms. The molecule has 0 atom stereocenters. The minimum absolute atomic E-state index is 0.798. The third-order valence-electron chi connectivity index (χ3n) is 1.63. The molecule has 0 aliphatic rings. The van der Waals surface area contributed by atoms with Crippen LogP contribution in [0.1, 0.15) is 0 Å². The van der Waals surface area contributed by atoms with Gasteiger partial charge in [-0.1, -0.05) is 0 Å². The highest BCUT2D eigenvalue weighted by atomic mass is 15.2. The summed E-state index contributed by atoms with van der Waals surface area (Å²) in [4.78, 5) is 6.27. The lowest BCUT2D eigenvalue weighted by Gasteiger charge is -2.11. The number of nitrogens with one attached hydrogen (secondary N) is 2. The average molecular weight is 180 g/mol. The number of nitrogens with zero attached hydrogens (tertiary/aromatic N) is 2. The fourth-order valence-corrected chi connectivity index (χ4v) is 0.885. The number of anilines is 2. The molecule has 0 radical (unpaired) electrons. The van der Waals surface area contributed by atoms with Gasteiger partial charge in [0, 0.05) is 7.05 Å². The first-order valence-electron chi connectivity index (χ1n) is 4.25. The molecular formula is C9H16N4. The number of aromatic nitrogens is 1. The zero-order chi connectivity index (χ0) is 9.68. The van der Waals surface area contributed by atoms with Gasteiger partial charge in [-0.05, 0) is 26.2 Å². The monoisotopic (exact) mass is 180 g/mol.